The minimum absolute atomic E-state index is 0.0223. The molecular weight excluding hydrogens is 346 g/mol. The lowest BCUT2D eigenvalue weighted by Gasteiger charge is -2.22. The SMILES string of the molecule is O=S(=O)(O)c1cccc(N=Nc2ccc(N(CCO)CCO)cc2)c1. The molecule has 25 heavy (non-hydrogen) atoms. The van der Waals surface area contributed by atoms with Crippen LogP contribution in [-0.4, -0.2) is 49.5 Å². The maximum Gasteiger partial charge on any atom is 0.294 e. The third-order valence-electron chi connectivity index (χ3n) is 3.35. The van der Waals surface area contributed by atoms with E-state index in [9.17, 15) is 8.42 Å². The molecule has 0 fully saturated rings. The highest BCUT2D eigenvalue weighted by Gasteiger charge is 2.09. The molecule has 0 aliphatic rings. The van der Waals surface area contributed by atoms with Crippen LogP contribution in [0.15, 0.2) is 63.7 Å². The molecular formula is C16H19N3O5S. The first-order valence-corrected chi connectivity index (χ1v) is 8.94. The highest BCUT2D eigenvalue weighted by atomic mass is 32.2. The Hall–Kier alpha value is -2.33. The Bertz CT molecular complexity index is 816. The standard InChI is InChI=1S/C16H19N3O5S/c20-10-8-19(9-11-21)15-6-4-13(5-7-15)17-18-14-2-1-3-16(12-14)25(22,23)24/h1-7,12,20-21H,8-11H2,(H,22,23,24). The maximum atomic E-state index is 11.1. The molecule has 0 aliphatic carbocycles. The molecule has 0 aromatic heterocycles. The minimum Gasteiger partial charge on any atom is -0.395 e. The van der Waals surface area contributed by atoms with Crippen molar-refractivity contribution in [3.8, 4) is 0 Å². The van der Waals surface area contributed by atoms with Crippen LogP contribution in [0.5, 0.6) is 0 Å². The van der Waals surface area contributed by atoms with Crippen LogP contribution >= 0.6 is 0 Å². The second-order valence-corrected chi connectivity index (χ2v) is 6.54. The molecule has 2 aromatic carbocycles. The second-order valence-electron chi connectivity index (χ2n) is 5.12. The van der Waals surface area contributed by atoms with E-state index in [1.54, 1.807) is 30.3 Å². The van der Waals surface area contributed by atoms with Gasteiger partial charge in [-0.25, -0.2) is 0 Å². The number of aliphatic hydroxyl groups excluding tert-OH is 2. The van der Waals surface area contributed by atoms with E-state index >= 15 is 0 Å². The molecule has 0 saturated carbocycles. The number of hydrogen-bond acceptors (Lipinski definition) is 7. The number of aliphatic hydroxyl groups is 2. The number of benzene rings is 2. The van der Waals surface area contributed by atoms with Crippen molar-refractivity contribution < 1.29 is 23.2 Å². The summed E-state index contributed by atoms with van der Waals surface area (Å²) in [5.74, 6) is 0. The summed E-state index contributed by atoms with van der Waals surface area (Å²) in [6, 6.07) is 12.5. The molecule has 0 unspecified atom stereocenters. The Balaban J connectivity index is 2.14. The molecule has 0 atom stereocenters. The van der Waals surface area contributed by atoms with E-state index < -0.39 is 10.1 Å². The van der Waals surface area contributed by atoms with Crippen molar-refractivity contribution in [2.24, 2.45) is 10.2 Å². The summed E-state index contributed by atoms with van der Waals surface area (Å²) < 4.78 is 31.2. The lowest BCUT2D eigenvalue weighted by Crippen LogP contribution is -2.29. The van der Waals surface area contributed by atoms with Crippen molar-refractivity contribution in [2.75, 3.05) is 31.2 Å². The largest absolute Gasteiger partial charge is 0.395 e. The summed E-state index contributed by atoms with van der Waals surface area (Å²) in [6.45, 7) is 0.769. The molecule has 134 valence electrons. The van der Waals surface area contributed by atoms with Gasteiger partial charge in [0.25, 0.3) is 10.1 Å². The maximum absolute atomic E-state index is 11.1. The second kappa shape index (κ2) is 8.67. The van der Waals surface area contributed by atoms with Crippen molar-refractivity contribution >= 4 is 27.2 Å². The molecule has 2 aromatic rings. The number of rotatable bonds is 8. The summed E-state index contributed by atoms with van der Waals surface area (Å²) in [7, 11) is -4.28. The number of anilines is 1. The van der Waals surface area contributed by atoms with Crippen LogP contribution in [0.3, 0.4) is 0 Å². The molecule has 9 heteroatoms. The van der Waals surface area contributed by atoms with Gasteiger partial charge in [-0.3, -0.25) is 4.55 Å². The highest BCUT2D eigenvalue weighted by molar-refractivity contribution is 7.85. The first-order valence-electron chi connectivity index (χ1n) is 7.50. The smallest absolute Gasteiger partial charge is 0.294 e. The first kappa shape index (κ1) is 19.0. The predicted molar refractivity (Wildman–Crippen MR) is 93.3 cm³/mol. The Morgan fingerprint density at radius 3 is 2.04 bits per heavy atom. The first-order chi connectivity index (χ1) is 11.9. The summed E-state index contributed by atoms with van der Waals surface area (Å²) >= 11 is 0. The van der Waals surface area contributed by atoms with E-state index in [-0.39, 0.29) is 18.1 Å². The van der Waals surface area contributed by atoms with Gasteiger partial charge in [-0.05, 0) is 42.5 Å². The average molecular weight is 365 g/mol. The van der Waals surface area contributed by atoms with Gasteiger partial charge in [0.05, 0.1) is 29.5 Å². The predicted octanol–water partition coefficient (Wildman–Crippen LogP) is 2.14. The van der Waals surface area contributed by atoms with Crippen LogP contribution in [0.4, 0.5) is 17.1 Å². The Labute approximate surface area is 145 Å². The van der Waals surface area contributed by atoms with Gasteiger partial charge in [0.2, 0.25) is 0 Å². The van der Waals surface area contributed by atoms with Crippen LogP contribution in [0, 0.1) is 0 Å². The zero-order valence-electron chi connectivity index (χ0n) is 13.4. The van der Waals surface area contributed by atoms with Gasteiger partial charge in [-0.15, -0.1) is 0 Å². The molecule has 8 nitrogen and oxygen atoms in total. The number of nitrogens with zero attached hydrogens (tertiary/aromatic N) is 3. The molecule has 0 bridgehead atoms. The average Bonchev–Trinajstić information content (AvgIpc) is 2.60. The fraction of sp³-hybridized carbons (Fsp3) is 0.250. The van der Waals surface area contributed by atoms with Gasteiger partial charge in [0.15, 0.2) is 0 Å². The molecule has 0 heterocycles. The number of azo groups is 1. The Morgan fingerprint density at radius 2 is 1.48 bits per heavy atom. The molecule has 0 spiro atoms. The summed E-state index contributed by atoms with van der Waals surface area (Å²) in [5, 5.41) is 26.1. The van der Waals surface area contributed by atoms with Crippen LogP contribution in [0.2, 0.25) is 0 Å². The van der Waals surface area contributed by atoms with Crippen LogP contribution < -0.4 is 4.90 Å². The zero-order valence-corrected chi connectivity index (χ0v) is 14.2. The quantitative estimate of drug-likeness (QED) is 0.486. The third kappa shape index (κ3) is 5.61. The Morgan fingerprint density at radius 1 is 0.880 bits per heavy atom. The van der Waals surface area contributed by atoms with Gasteiger partial charge in [-0.2, -0.15) is 18.6 Å². The molecule has 0 aliphatic heterocycles. The van der Waals surface area contributed by atoms with Gasteiger partial charge >= 0.3 is 0 Å². The molecule has 3 N–H and O–H groups in total. The van der Waals surface area contributed by atoms with Gasteiger partial charge < -0.3 is 15.1 Å². The monoisotopic (exact) mass is 365 g/mol. The molecule has 0 radical (unpaired) electrons. The fourth-order valence-corrected chi connectivity index (χ4v) is 2.68. The van der Waals surface area contributed by atoms with Gasteiger partial charge in [0, 0.05) is 18.8 Å². The van der Waals surface area contributed by atoms with E-state index in [4.69, 9.17) is 14.8 Å². The fourth-order valence-electron chi connectivity index (χ4n) is 2.16. The lowest BCUT2D eigenvalue weighted by molar-refractivity contribution is 0.281. The minimum atomic E-state index is -4.28. The van der Waals surface area contributed by atoms with Gasteiger partial charge in [-0.1, -0.05) is 6.07 Å². The highest BCUT2D eigenvalue weighted by Crippen LogP contribution is 2.23. The molecule has 2 rings (SSSR count). The number of hydrogen-bond donors (Lipinski definition) is 3. The van der Waals surface area contributed by atoms with Crippen molar-refractivity contribution in [3.05, 3.63) is 48.5 Å². The van der Waals surface area contributed by atoms with Crippen molar-refractivity contribution in [2.45, 2.75) is 4.90 Å². The van der Waals surface area contributed by atoms with Crippen molar-refractivity contribution in [1.82, 2.24) is 0 Å². The van der Waals surface area contributed by atoms with Crippen molar-refractivity contribution in [1.29, 1.82) is 0 Å². The van der Waals surface area contributed by atoms with Crippen LogP contribution in [-0.2, 0) is 10.1 Å². The van der Waals surface area contributed by atoms with Crippen LogP contribution in [0.1, 0.15) is 0 Å². The van der Waals surface area contributed by atoms with E-state index in [0.717, 1.165) is 5.69 Å². The molecule has 0 saturated heterocycles. The zero-order chi connectivity index (χ0) is 18.3. The van der Waals surface area contributed by atoms with Gasteiger partial charge in [0.1, 0.15) is 0 Å². The Kier molecular flexibility index (Phi) is 6.59. The topological polar surface area (TPSA) is 123 Å². The summed E-state index contributed by atoms with van der Waals surface area (Å²) in [5.41, 5.74) is 1.67. The van der Waals surface area contributed by atoms with E-state index in [1.807, 2.05) is 4.90 Å². The summed E-state index contributed by atoms with van der Waals surface area (Å²) in [4.78, 5) is 1.58. The normalized spacial score (nSPS) is 11.8. The third-order valence-corrected chi connectivity index (χ3v) is 4.20. The van der Waals surface area contributed by atoms with E-state index in [1.165, 1.54) is 18.2 Å². The van der Waals surface area contributed by atoms with Crippen molar-refractivity contribution in [3.63, 3.8) is 0 Å². The molecule has 0 amide bonds. The van der Waals surface area contributed by atoms with Crippen LogP contribution in [0.25, 0.3) is 0 Å². The summed E-state index contributed by atoms with van der Waals surface area (Å²) in [6.07, 6.45) is 0. The van der Waals surface area contributed by atoms with E-state index in [2.05, 4.69) is 10.2 Å². The van der Waals surface area contributed by atoms with E-state index in [0.29, 0.717) is 24.5 Å². The lowest BCUT2D eigenvalue weighted by atomic mass is 10.2.